The van der Waals surface area contributed by atoms with E-state index in [-0.39, 0.29) is 30.9 Å². The van der Waals surface area contributed by atoms with E-state index in [2.05, 4.69) is 0 Å². The maximum atomic E-state index is 16.7. The Balaban J connectivity index is 1.15. The molecule has 0 saturated carbocycles. The average Bonchev–Trinajstić information content (AvgIpc) is 3.32. The topological polar surface area (TPSA) is 144 Å². The summed E-state index contributed by atoms with van der Waals surface area (Å²) in [5, 5.41) is 0. The van der Waals surface area contributed by atoms with Crippen LogP contribution in [-0.2, 0) is 65.4 Å². The van der Waals surface area contributed by atoms with Crippen LogP contribution in [0.15, 0.2) is 152 Å². The number of halogens is 1. The van der Waals surface area contributed by atoms with Gasteiger partial charge in [-0.1, -0.05) is 127 Å². The second-order valence-electron chi connectivity index (χ2n) is 15.1. The maximum absolute atomic E-state index is 16.7. The molecule has 5 aromatic rings. The van der Waals surface area contributed by atoms with Gasteiger partial charge in [0.2, 0.25) is 6.36 Å². The Morgan fingerprint density at radius 1 is 0.587 bits per heavy atom. The normalized spacial score (nSPS) is 27.9. The van der Waals surface area contributed by atoms with Gasteiger partial charge in [0, 0.05) is 12.5 Å². The molecule has 328 valence electrons. The molecule has 11 atom stereocenters. The molecule has 3 aliphatic heterocycles. The van der Waals surface area contributed by atoms with Gasteiger partial charge in [-0.25, -0.2) is 14.0 Å². The number of benzene rings is 5. The lowest BCUT2D eigenvalue weighted by atomic mass is 9.95. The standard InChI is InChI=1S/C49H47FO13/c1-31(51)58-40-37(29-56-46(52)34-21-11-4-12-22-34)59-45(50)43(61-47(53)35-23-13-5-14-24-35)42(40)63-49-44(55-28-33-19-9-3-10-20-33)41(54-27-32-17-7-2-8-18-32)39-38(60-49)30-57-48(62-39)36-25-15-6-16-26-36/h2-26,37-45,48-49H,27-30H2,1H3/t37-,38-,39+,40+,41+,42+,43-,44-,45+,48?,49-/m1/s1. The van der Waals surface area contributed by atoms with E-state index in [1.165, 1.54) is 12.1 Å². The molecule has 0 amide bonds. The van der Waals surface area contributed by atoms with Crippen molar-refractivity contribution >= 4 is 17.9 Å². The molecule has 3 aliphatic rings. The lowest BCUT2D eigenvalue weighted by Crippen LogP contribution is -2.67. The first-order chi connectivity index (χ1) is 30.8. The fourth-order valence-electron chi connectivity index (χ4n) is 7.68. The van der Waals surface area contributed by atoms with Crippen LogP contribution in [0.1, 0.15) is 50.6 Å². The molecule has 0 spiro atoms. The van der Waals surface area contributed by atoms with Crippen LogP contribution in [0.4, 0.5) is 4.39 Å². The Hall–Kier alpha value is -5.84. The quantitative estimate of drug-likeness (QED) is 0.0782. The van der Waals surface area contributed by atoms with E-state index in [1.807, 2.05) is 91.0 Å². The second-order valence-corrected chi connectivity index (χ2v) is 15.1. The zero-order valence-corrected chi connectivity index (χ0v) is 34.3. The summed E-state index contributed by atoms with van der Waals surface area (Å²) in [6.07, 6.45) is -14.6. The predicted molar refractivity (Wildman–Crippen MR) is 221 cm³/mol. The maximum Gasteiger partial charge on any atom is 0.338 e. The van der Waals surface area contributed by atoms with Crippen molar-refractivity contribution in [2.24, 2.45) is 0 Å². The van der Waals surface area contributed by atoms with Crippen LogP contribution >= 0.6 is 0 Å². The Kier molecular flexibility index (Phi) is 14.6. The summed E-state index contributed by atoms with van der Waals surface area (Å²) in [6, 6.07) is 44.5. The first-order valence-corrected chi connectivity index (χ1v) is 20.7. The predicted octanol–water partition coefficient (Wildman–Crippen LogP) is 7.09. The highest BCUT2D eigenvalue weighted by Gasteiger charge is 2.57. The Bertz CT molecular complexity index is 2220. The van der Waals surface area contributed by atoms with Gasteiger partial charge in [0.05, 0.1) is 30.9 Å². The van der Waals surface area contributed by atoms with Crippen molar-refractivity contribution in [1.29, 1.82) is 0 Å². The molecule has 3 fully saturated rings. The average molecular weight is 863 g/mol. The van der Waals surface area contributed by atoms with Crippen LogP contribution in [0.3, 0.4) is 0 Å². The van der Waals surface area contributed by atoms with Gasteiger partial charge in [-0.3, -0.25) is 4.79 Å². The Morgan fingerprint density at radius 3 is 1.71 bits per heavy atom. The van der Waals surface area contributed by atoms with E-state index in [4.69, 9.17) is 47.4 Å². The molecular formula is C49H47FO13. The number of carbonyl (C=O) groups excluding carboxylic acids is 3. The number of ether oxygens (including phenoxy) is 10. The zero-order chi connectivity index (χ0) is 43.5. The number of rotatable bonds is 15. The van der Waals surface area contributed by atoms with Crippen LogP contribution in [0.5, 0.6) is 0 Å². The summed E-state index contributed by atoms with van der Waals surface area (Å²) in [7, 11) is 0. The zero-order valence-electron chi connectivity index (χ0n) is 34.3. The molecule has 8 rings (SSSR count). The highest BCUT2D eigenvalue weighted by molar-refractivity contribution is 5.90. The molecular weight excluding hydrogens is 816 g/mol. The van der Waals surface area contributed by atoms with E-state index in [0.29, 0.717) is 0 Å². The van der Waals surface area contributed by atoms with Gasteiger partial charge < -0.3 is 47.4 Å². The van der Waals surface area contributed by atoms with E-state index < -0.39 is 92.3 Å². The molecule has 3 saturated heterocycles. The minimum absolute atomic E-state index is 0.0259. The van der Waals surface area contributed by atoms with E-state index >= 15 is 4.39 Å². The molecule has 0 aliphatic carbocycles. The monoisotopic (exact) mass is 862 g/mol. The van der Waals surface area contributed by atoms with Crippen LogP contribution in [-0.4, -0.2) is 92.6 Å². The third-order valence-electron chi connectivity index (χ3n) is 10.7. The van der Waals surface area contributed by atoms with Gasteiger partial charge in [0.1, 0.15) is 43.2 Å². The highest BCUT2D eigenvalue weighted by atomic mass is 19.1. The summed E-state index contributed by atoms with van der Waals surface area (Å²) in [6.45, 7) is 0.808. The van der Waals surface area contributed by atoms with Crippen LogP contribution in [0, 0.1) is 0 Å². The van der Waals surface area contributed by atoms with E-state index in [9.17, 15) is 14.4 Å². The van der Waals surface area contributed by atoms with Crippen molar-refractivity contribution in [3.8, 4) is 0 Å². The molecule has 63 heavy (non-hydrogen) atoms. The minimum Gasteiger partial charge on any atom is -0.459 e. The van der Waals surface area contributed by atoms with Crippen molar-refractivity contribution in [1.82, 2.24) is 0 Å². The first kappa shape index (κ1) is 43.8. The number of fused-ring (bicyclic) bond motifs is 1. The number of hydrogen-bond donors (Lipinski definition) is 0. The van der Waals surface area contributed by atoms with Crippen molar-refractivity contribution in [3.05, 3.63) is 179 Å². The molecule has 0 N–H and O–H groups in total. The van der Waals surface area contributed by atoms with Gasteiger partial charge >= 0.3 is 17.9 Å². The summed E-state index contributed by atoms with van der Waals surface area (Å²) in [4.78, 5) is 39.6. The Labute approximate surface area is 363 Å². The first-order valence-electron chi connectivity index (χ1n) is 20.7. The van der Waals surface area contributed by atoms with Gasteiger partial charge in [0.25, 0.3) is 0 Å². The molecule has 0 aromatic heterocycles. The van der Waals surface area contributed by atoms with Crippen LogP contribution in [0.2, 0.25) is 0 Å². The smallest absolute Gasteiger partial charge is 0.338 e. The van der Waals surface area contributed by atoms with Crippen molar-refractivity contribution in [2.75, 3.05) is 13.2 Å². The van der Waals surface area contributed by atoms with Gasteiger partial charge in [-0.2, -0.15) is 0 Å². The molecule has 5 aromatic carbocycles. The molecule has 0 bridgehead atoms. The van der Waals surface area contributed by atoms with Crippen molar-refractivity contribution in [2.45, 2.75) is 87.9 Å². The third-order valence-corrected chi connectivity index (χ3v) is 10.7. The number of hydrogen-bond acceptors (Lipinski definition) is 13. The second kappa shape index (κ2) is 21.0. The Morgan fingerprint density at radius 2 is 1.13 bits per heavy atom. The summed E-state index contributed by atoms with van der Waals surface area (Å²) < 4.78 is 79.3. The lowest BCUT2D eigenvalue weighted by Gasteiger charge is -2.51. The van der Waals surface area contributed by atoms with E-state index in [1.54, 1.807) is 48.5 Å². The van der Waals surface area contributed by atoms with Crippen molar-refractivity contribution < 1.29 is 66.1 Å². The third kappa shape index (κ3) is 11.0. The fraction of sp³-hybridized carbons (Fsp3) is 0.327. The van der Waals surface area contributed by atoms with Crippen molar-refractivity contribution in [3.63, 3.8) is 0 Å². The highest BCUT2D eigenvalue weighted by Crippen LogP contribution is 2.40. The van der Waals surface area contributed by atoms with E-state index in [0.717, 1.165) is 23.6 Å². The van der Waals surface area contributed by atoms with Crippen LogP contribution in [0.25, 0.3) is 0 Å². The summed E-state index contributed by atoms with van der Waals surface area (Å²) >= 11 is 0. The molecule has 14 heteroatoms. The SMILES string of the molecule is CC(=O)O[C@@H]1[C@H](O[C@H]2O[C@@H]3COC(c4ccccc4)O[C@@H]3[C@H](OCc3ccccc3)[C@H]2OCc2ccccc2)[C@@H](OC(=O)c2ccccc2)[C@@H](F)O[C@@H]1COC(=O)c1ccccc1. The molecule has 0 radical (unpaired) electrons. The van der Waals surface area contributed by atoms with Crippen LogP contribution < -0.4 is 0 Å². The molecule has 13 nitrogen and oxygen atoms in total. The lowest BCUT2D eigenvalue weighted by molar-refractivity contribution is -0.390. The van der Waals surface area contributed by atoms with Gasteiger partial charge in [0.15, 0.2) is 24.8 Å². The summed E-state index contributed by atoms with van der Waals surface area (Å²) in [5.41, 5.74) is 2.81. The minimum atomic E-state index is -2.37. The molecule has 1 unspecified atom stereocenters. The molecule has 3 heterocycles. The number of carbonyl (C=O) groups is 3. The number of esters is 3. The number of alkyl halides is 1. The van der Waals surface area contributed by atoms with Gasteiger partial charge in [-0.15, -0.1) is 0 Å². The summed E-state index contributed by atoms with van der Waals surface area (Å²) in [5.74, 6) is -2.43. The van der Waals surface area contributed by atoms with Gasteiger partial charge in [-0.05, 0) is 35.4 Å². The fourth-order valence-corrected chi connectivity index (χ4v) is 7.68. The largest absolute Gasteiger partial charge is 0.459 e.